The highest BCUT2D eigenvalue weighted by atomic mass is 32.1. The van der Waals surface area contributed by atoms with Crippen LogP contribution in [0.15, 0.2) is 176 Å². The smallest absolute Gasteiger partial charge is 0.0555 e. The molecular weight excluding hydrogens is 685 g/mol. The summed E-state index contributed by atoms with van der Waals surface area (Å²) < 4.78 is 2.57. The van der Waals surface area contributed by atoms with E-state index in [4.69, 9.17) is 0 Å². The van der Waals surface area contributed by atoms with Crippen LogP contribution in [0.25, 0.3) is 31.3 Å². The fourth-order valence-electron chi connectivity index (χ4n) is 11.0. The van der Waals surface area contributed by atoms with E-state index in [1.807, 2.05) is 11.3 Å². The molecule has 0 aliphatic heterocycles. The van der Waals surface area contributed by atoms with E-state index in [-0.39, 0.29) is 0 Å². The van der Waals surface area contributed by atoms with Crippen LogP contribution >= 0.6 is 11.3 Å². The van der Waals surface area contributed by atoms with Gasteiger partial charge in [0.15, 0.2) is 0 Å². The third kappa shape index (κ3) is 5.76. The number of para-hydroxylation sites is 2. The third-order valence-corrected chi connectivity index (χ3v) is 14.1. The molecule has 4 fully saturated rings. The molecule has 4 aliphatic rings. The molecule has 7 aromatic carbocycles. The topological polar surface area (TPSA) is 6.48 Å². The van der Waals surface area contributed by atoms with Crippen LogP contribution in [0.4, 0.5) is 34.1 Å². The summed E-state index contributed by atoms with van der Waals surface area (Å²) >= 11 is 1.89. The molecule has 0 spiro atoms. The molecule has 55 heavy (non-hydrogen) atoms. The van der Waals surface area contributed by atoms with Gasteiger partial charge in [-0.3, -0.25) is 0 Å². The van der Waals surface area contributed by atoms with E-state index in [0.29, 0.717) is 0 Å². The predicted octanol–water partition coefficient (Wildman–Crippen LogP) is 15.2. The van der Waals surface area contributed by atoms with Crippen LogP contribution < -0.4 is 9.80 Å². The largest absolute Gasteiger partial charge is 0.310 e. The fourth-order valence-corrected chi connectivity index (χ4v) is 12.1. The van der Waals surface area contributed by atoms with Crippen molar-refractivity contribution in [2.75, 3.05) is 9.80 Å². The Kier molecular flexibility index (Phi) is 8.09. The van der Waals surface area contributed by atoms with Crippen molar-refractivity contribution in [1.82, 2.24) is 0 Å². The van der Waals surface area contributed by atoms with Gasteiger partial charge in [-0.05, 0) is 151 Å². The van der Waals surface area contributed by atoms with Gasteiger partial charge in [0.2, 0.25) is 0 Å². The molecule has 0 unspecified atom stereocenters. The highest BCUT2D eigenvalue weighted by Crippen LogP contribution is 2.60. The highest BCUT2D eigenvalue weighted by Gasteiger charge is 2.48. The van der Waals surface area contributed by atoms with E-state index < -0.39 is 0 Å². The Bertz CT molecular complexity index is 2570. The lowest BCUT2D eigenvalue weighted by molar-refractivity contribution is -0.00277. The Balaban J connectivity index is 1.06. The number of benzene rings is 7. The molecule has 4 aliphatic carbocycles. The average Bonchev–Trinajstić information content (AvgIpc) is 3.63. The van der Waals surface area contributed by atoms with Crippen LogP contribution in [0.3, 0.4) is 0 Å². The van der Waals surface area contributed by atoms with Gasteiger partial charge in [0.1, 0.15) is 0 Å². The Morgan fingerprint density at radius 3 is 1.27 bits per heavy atom. The first-order valence-electron chi connectivity index (χ1n) is 20.2. The molecule has 1 heterocycles. The second kappa shape index (κ2) is 13.6. The predicted molar refractivity (Wildman–Crippen MR) is 234 cm³/mol. The van der Waals surface area contributed by atoms with Gasteiger partial charge in [0, 0.05) is 42.9 Å². The lowest BCUT2D eigenvalue weighted by Crippen LogP contribution is -2.43. The van der Waals surface area contributed by atoms with Gasteiger partial charge >= 0.3 is 0 Å². The molecule has 2 nitrogen and oxygen atoms in total. The van der Waals surface area contributed by atoms with Crippen LogP contribution in [-0.4, -0.2) is 0 Å². The van der Waals surface area contributed by atoms with Gasteiger partial charge in [-0.25, -0.2) is 0 Å². The Hall–Kier alpha value is -5.64. The zero-order valence-electron chi connectivity index (χ0n) is 31.0. The molecule has 0 N–H and O–H groups in total. The first-order chi connectivity index (χ1) is 27.2. The summed E-state index contributed by atoms with van der Waals surface area (Å²) in [4.78, 5) is 4.93. The van der Waals surface area contributed by atoms with Gasteiger partial charge in [-0.15, -0.1) is 11.3 Å². The summed E-state index contributed by atoms with van der Waals surface area (Å²) in [6.07, 6.45) is 7.29. The molecule has 268 valence electrons. The maximum atomic E-state index is 2.49. The molecule has 0 amide bonds. The summed E-state index contributed by atoms with van der Waals surface area (Å²) in [5.41, 5.74) is 11.0. The quantitative estimate of drug-likeness (QED) is 0.154. The van der Waals surface area contributed by atoms with E-state index in [9.17, 15) is 0 Å². The summed E-state index contributed by atoms with van der Waals surface area (Å²) in [6.45, 7) is 0. The highest BCUT2D eigenvalue weighted by molar-refractivity contribution is 7.26. The second-order valence-corrected chi connectivity index (χ2v) is 17.3. The molecular formula is C52H44N2S. The number of hydrogen-bond donors (Lipinski definition) is 0. The Labute approximate surface area is 328 Å². The molecule has 4 bridgehead atoms. The second-order valence-electron chi connectivity index (χ2n) is 16.2. The zero-order valence-corrected chi connectivity index (χ0v) is 31.8. The van der Waals surface area contributed by atoms with Crippen molar-refractivity contribution in [3.63, 3.8) is 0 Å². The van der Waals surface area contributed by atoms with Crippen molar-refractivity contribution in [3.8, 4) is 11.1 Å². The molecule has 1 aromatic heterocycles. The molecule has 0 saturated heterocycles. The van der Waals surface area contributed by atoms with Crippen molar-refractivity contribution in [1.29, 1.82) is 0 Å². The summed E-state index contributed by atoms with van der Waals surface area (Å²) in [5, 5.41) is 2.56. The number of nitrogens with zero attached hydrogens (tertiary/aromatic N) is 2. The lowest BCUT2D eigenvalue weighted by Gasteiger charge is -2.54. The van der Waals surface area contributed by atoms with Gasteiger partial charge in [-0.1, -0.05) is 103 Å². The van der Waals surface area contributed by atoms with Crippen molar-refractivity contribution < 1.29 is 0 Å². The molecule has 12 rings (SSSR count). The number of thiophene rings is 1. The van der Waals surface area contributed by atoms with Gasteiger partial charge in [-0.2, -0.15) is 0 Å². The van der Waals surface area contributed by atoms with Gasteiger partial charge in [0.25, 0.3) is 0 Å². The van der Waals surface area contributed by atoms with E-state index in [1.54, 1.807) is 5.56 Å². The van der Waals surface area contributed by atoms with Crippen LogP contribution in [0.5, 0.6) is 0 Å². The number of anilines is 6. The van der Waals surface area contributed by atoms with Gasteiger partial charge in [0.05, 0.1) is 11.4 Å². The fraction of sp³-hybridized carbons (Fsp3) is 0.192. The third-order valence-electron chi connectivity index (χ3n) is 13.0. The monoisotopic (exact) mass is 728 g/mol. The van der Waals surface area contributed by atoms with E-state index in [2.05, 4.69) is 186 Å². The molecule has 4 saturated carbocycles. The minimum atomic E-state index is 0.726. The van der Waals surface area contributed by atoms with E-state index in [1.165, 1.54) is 86.2 Å². The molecule has 0 radical (unpaired) electrons. The average molecular weight is 729 g/mol. The zero-order chi connectivity index (χ0) is 36.3. The van der Waals surface area contributed by atoms with E-state index >= 15 is 0 Å². The van der Waals surface area contributed by atoms with Crippen LogP contribution in [0, 0.1) is 23.7 Å². The number of hydrogen-bond acceptors (Lipinski definition) is 3. The molecule has 3 heteroatoms. The first kappa shape index (κ1) is 32.8. The van der Waals surface area contributed by atoms with Crippen molar-refractivity contribution in [2.24, 2.45) is 23.7 Å². The minimum absolute atomic E-state index is 0.726. The number of rotatable bonds is 8. The van der Waals surface area contributed by atoms with Crippen molar-refractivity contribution in [3.05, 3.63) is 181 Å². The van der Waals surface area contributed by atoms with Crippen LogP contribution in [-0.2, 0) is 0 Å². The molecule has 0 atom stereocenters. The molecule has 8 aromatic rings. The van der Waals surface area contributed by atoms with E-state index in [0.717, 1.165) is 41.0 Å². The standard InChI is InChI=1S/C52H44N2S/c1-4-12-37(13-5-1)38-22-26-44(27-23-38)53(42-14-6-2-7-15-42)46-18-10-20-48-51(46)52-47(19-11-21-49(52)55-48)54(43-16-8-3-9-17-43)45-28-24-39(25-29-45)50-40-31-35-30-36(33-40)34-41(50)32-35/h1-29,35-36,40-41,50H,30-34H2. The van der Waals surface area contributed by atoms with Crippen LogP contribution in [0.2, 0.25) is 0 Å². The van der Waals surface area contributed by atoms with Crippen LogP contribution in [0.1, 0.15) is 43.6 Å². The summed E-state index contributed by atoms with van der Waals surface area (Å²) in [5.74, 6) is 4.45. The SMILES string of the molecule is c1ccc(-c2ccc(N(c3ccccc3)c3cccc4sc5cccc(N(c6ccccc6)c6ccc(C7C8CC9CC(C8)CC7C9)cc6)c5c34)cc2)cc1. The van der Waals surface area contributed by atoms with Crippen molar-refractivity contribution in [2.45, 2.75) is 38.0 Å². The lowest BCUT2D eigenvalue weighted by atomic mass is 9.51. The van der Waals surface area contributed by atoms with Gasteiger partial charge < -0.3 is 9.80 Å². The minimum Gasteiger partial charge on any atom is -0.310 e. The summed E-state index contributed by atoms with van der Waals surface area (Å²) in [7, 11) is 0. The number of fused-ring (bicyclic) bond motifs is 3. The first-order valence-corrected chi connectivity index (χ1v) is 21.0. The normalized spacial score (nSPS) is 21.3. The summed E-state index contributed by atoms with van der Waals surface area (Å²) in [6, 6.07) is 64.9. The maximum Gasteiger partial charge on any atom is 0.0555 e. The Morgan fingerprint density at radius 2 is 0.782 bits per heavy atom. The van der Waals surface area contributed by atoms with Crippen molar-refractivity contribution >= 4 is 65.6 Å². The maximum absolute atomic E-state index is 2.49. The Morgan fingerprint density at radius 1 is 0.364 bits per heavy atom.